The number of aryl methyl sites for hydroxylation is 1. The van der Waals surface area contributed by atoms with Gasteiger partial charge in [-0.15, -0.1) is 0 Å². The summed E-state index contributed by atoms with van der Waals surface area (Å²) in [7, 11) is 6.81. The van der Waals surface area contributed by atoms with Gasteiger partial charge in [0.15, 0.2) is 0 Å². The molecular weight excluding hydrogens is 419 g/mol. The van der Waals surface area contributed by atoms with E-state index < -0.39 is 0 Å². The third-order valence-electron chi connectivity index (χ3n) is 4.77. The number of para-hydroxylation sites is 1. The van der Waals surface area contributed by atoms with Crippen molar-refractivity contribution >= 4 is 10.9 Å². The lowest BCUT2D eigenvalue weighted by molar-refractivity contribution is -0.883. The highest BCUT2D eigenvalue weighted by atomic mass is 127. The van der Waals surface area contributed by atoms with Crippen LogP contribution in [0.25, 0.3) is 10.9 Å². The molecule has 2 aromatic rings. The van der Waals surface area contributed by atoms with Gasteiger partial charge in [0.2, 0.25) is 0 Å². The van der Waals surface area contributed by atoms with Gasteiger partial charge in [0.25, 0.3) is 0 Å². The summed E-state index contributed by atoms with van der Waals surface area (Å²) in [4.78, 5) is 0. The Hall–Kier alpha value is -0.550. The van der Waals surface area contributed by atoms with Crippen molar-refractivity contribution in [3.8, 4) is 0 Å². The first-order chi connectivity index (χ1) is 11.5. The van der Waals surface area contributed by atoms with Crippen LogP contribution in [0.2, 0.25) is 0 Å². The van der Waals surface area contributed by atoms with Crippen molar-refractivity contribution in [3.63, 3.8) is 0 Å². The molecule has 0 aliphatic carbocycles. The number of benzene rings is 1. The van der Waals surface area contributed by atoms with Crippen LogP contribution in [-0.2, 0) is 13.1 Å². The quantitative estimate of drug-likeness (QED) is 0.278. The summed E-state index contributed by atoms with van der Waals surface area (Å²) in [6.07, 6.45) is 13.5. The van der Waals surface area contributed by atoms with Crippen molar-refractivity contribution in [2.45, 2.75) is 71.4 Å². The third-order valence-corrected chi connectivity index (χ3v) is 4.77. The second kappa shape index (κ2) is 11.2. The lowest BCUT2D eigenvalue weighted by Crippen LogP contribution is -3.00. The predicted molar refractivity (Wildman–Crippen MR) is 106 cm³/mol. The summed E-state index contributed by atoms with van der Waals surface area (Å²) in [5, 5.41) is 1.44. The Morgan fingerprint density at radius 2 is 1.44 bits per heavy atom. The molecule has 0 radical (unpaired) electrons. The number of hydrogen-bond acceptors (Lipinski definition) is 0. The predicted octanol–water partition coefficient (Wildman–Crippen LogP) is 2.99. The van der Waals surface area contributed by atoms with Crippen LogP contribution in [0.5, 0.6) is 0 Å². The molecule has 142 valence electrons. The molecule has 0 spiro atoms. The van der Waals surface area contributed by atoms with Crippen LogP contribution < -0.4 is 24.0 Å². The smallest absolute Gasteiger partial charge is 0.106 e. The molecule has 1 aromatic carbocycles. The fourth-order valence-electron chi connectivity index (χ4n) is 3.56. The van der Waals surface area contributed by atoms with Crippen molar-refractivity contribution in [1.82, 2.24) is 4.57 Å². The molecule has 0 saturated heterocycles. The molecule has 0 fully saturated rings. The zero-order valence-corrected chi connectivity index (χ0v) is 18.9. The van der Waals surface area contributed by atoms with Gasteiger partial charge < -0.3 is 33.0 Å². The Labute approximate surface area is 172 Å². The summed E-state index contributed by atoms with van der Waals surface area (Å²) in [6.45, 7) is 4.53. The van der Waals surface area contributed by atoms with E-state index in [2.05, 4.69) is 63.1 Å². The molecule has 2 nitrogen and oxygen atoms in total. The highest BCUT2D eigenvalue weighted by Crippen LogP contribution is 2.24. The molecule has 0 aliphatic rings. The highest BCUT2D eigenvalue weighted by molar-refractivity contribution is 5.83. The van der Waals surface area contributed by atoms with Gasteiger partial charge in [-0.3, -0.25) is 0 Å². The molecule has 0 amide bonds. The Morgan fingerprint density at radius 3 is 2.08 bits per heavy atom. The zero-order chi connectivity index (χ0) is 17.4. The second-order valence-electron chi connectivity index (χ2n) is 8.29. The number of quaternary nitrogens is 1. The monoisotopic (exact) mass is 456 g/mol. The van der Waals surface area contributed by atoms with E-state index in [-0.39, 0.29) is 24.0 Å². The van der Waals surface area contributed by atoms with Crippen LogP contribution in [0.1, 0.15) is 63.9 Å². The summed E-state index contributed by atoms with van der Waals surface area (Å²) < 4.78 is 3.46. The summed E-state index contributed by atoms with van der Waals surface area (Å²) >= 11 is 0. The van der Waals surface area contributed by atoms with Gasteiger partial charge in [0, 0.05) is 29.2 Å². The molecule has 25 heavy (non-hydrogen) atoms. The van der Waals surface area contributed by atoms with Crippen molar-refractivity contribution in [1.29, 1.82) is 0 Å². The van der Waals surface area contributed by atoms with Crippen molar-refractivity contribution in [2.24, 2.45) is 0 Å². The number of aromatic nitrogens is 1. The molecule has 0 atom stereocenters. The minimum absolute atomic E-state index is 0. The van der Waals surface area contributed by atoms with Crippen LogP contribution in [0.15, 0.2) is 30.5 Å². The molecule has 0 unspecified atom stereocenters. The average Bonchev–Trinajstić information content (AvgIpc) is 2.86. The Kier molecular flexibility index (Phi) is 10.1. The van der Waals surface area contributed by atoms with Crippen LogP contribution in [0, 0.1) is 0 Å². The Bertz CT molecular complexity index is 610. The number of fused-ring (bicyclic) bond motifs is 1. The molecule has 0 saturated carbocycles. The second-order valence-corrected chi connectivity index (χ2v) is 8.29. The summed E-state index contributed by atoms with van der Waals surface area (Å²) in [5.74, 6) is 0. The number of unbranched alkanes of at least 4 members (excludes halogenated alkanes) is 7. The molecule has 2 rings (SSSR count). The van der Waals surface area contributed by atoms with Crippen LogP contribution in [-0.4, -0.2) is 30.2 Å². The maximum atomic E-state index is 2.48. The molecule has 0 N–H and O–H groups in total. The molecule has 0 bridgehead atoms. The fourth-order valence-corrected chi connectivity index (χ4v) is 3.56. The lowest BCUT2D eigenvalue weighted by atomic mass is 10.1. The van der Waals surface area contributed by atoms with Crippen LogP contribution >= 0.6 is 0 Å². The SMILES string of the molecule is CCCCCCCCCCn1cc(C[N+](C)(C)C)c2ccccc21.[I-]. The van der Waals surface area contributed by atoms with Gasteiger partial charge in [-0.25, -0.2) is 0 Å². The number of halogens is 1. The van der Waals surface area contributed by atoms with Gasteiger partial charge in [-0.2, -0.15) is 0 Å². The zero-order valence-electron chi connectivity index (χ0n) is 16.7. The minimum atomic E-state index is 0. The van der Waals surface area contributed by atoms with E-state index in [9.17, 15) is 0 Å². The maximum Gasteiger partial charge on any atom is 0.106 e. The van der Waals surface area contributed by atoms with Crippen LogP contribution in [0.3, 0.4) is 0 Å². The molecule has 3 heteroatoms. The third kappa shape index (κ3) is 7.69. The minimum Gasteiger partial charge on any atom is -1.00 e. The normalized spacial score (nSPS) is 11.7. The fraction of sp³-hybridized carbons (Fsp3) is 0.636. The largest absolute Gasteiger partial charge is 1.00 e. The van der Waals surface area contributed by atoms with Gasteiger partial charge in [-0.1, -0.05) is 70.1 Å². The van der Waals surface area contributed by atoms with Crippen molar-refractivity contribution in [3.05, 3.63) is 36.0 Å². The highest BCUT2D eigenvalue weighted by Gasteiger charge is 2.14. The van der Waals surface area contributed by atoms with Gasteiger partial charge >= 0.3 is 0 Å². The van der Waals surface area contributed by atoms with E-state index in [0.29, 0.717) is 0 Å². The number of rotatable bonds is 11. The first kappa shape index (κ1) is 22.5. The first-order valence-corrected chi connectivity index (χ1v) is 9.88. The number of hydrogen-bond donors (Lipinski definition) is 0. The molecular formula is C22H37IN2. The number of nitrogens with zero attached hydrogens (tertiary/aromatic N) is 2. The van der Waals surface area contributed by atoms with Gasteiger partial charge in [-0.05, 0) is 12.5 Å². The summed E-state index contributed by atoms with van der Waals surface area (Å²) in [5.41, 5.74) is 2.89. The molecule has 1 aromatic heterocycles. The maximum absolute atomic E-state index is 2.48. The van der Waals surface area contributed by atoms with E-state index in [1.165, 1.54) is 67.8 Å². The lowest BCUT2D eigenvalue weighted by Gasteiger charge is -2.23. The van der Waals surface area contributed by atoms with Gasteiger partial charge in [0.1, 0.15) is 6.54 Å². The topological polar surface area (TPSA) is 4.93 Å². The summed E-state index contributed by atoms with van der Waals surface area (Å²) in [6, 6.07) is 8.90. The van der Waals surface area contributed by atoms with E-state index in [1.54, 1.807) is 0 Å². The Balaban J connectivity index is 0.00000312. The molecule has 0 aliphatic heterocycles. The van der Waals surface area contributed by atoms with E-state index in [0.717, 1.165) is 17.6 Å². The van der Waals surface area contributed by atoms with Gasteiger partial charge in [0.05, 0.1) is 21.1 Å². The average molecular weight is 456 g/mol. The van der Waals surface area contributed by atoms with E-state index in [1.807, 2.05) is 0 Å². The first-order valence-electron chi connectivity index (χ1n) is 9.88. The van der Waals surface area contributed by atoms with Crippen molar-refractivity contribution < 1.29 is 28.5 Å². The van der Waals surface area contributed by atoms with E-state index >= 15 is 0 Å². The van der Waals surface area contributed by atoms with Crippen LogP contribution in [0.4, 0.5) is 0 Å². The Morgan fingerprint density at radius 1 is 0.840 bits per heavy atom. The van der Waals surface area contributed by atoms with E-state index in [4.69, 9.17) is 0 Å². The standard InChI is InChI=1S/C22H37N2.HI/c1-5-6-7-8-9-10-11-14-17-23-18-20(19-24(2,3)4)21-15-12-13-16-22(21)23;/h12-13,15-16,18H,5-11,14,17,19H2,1-4H3;1H/q+1;/p-1. The molecule has 1 heterocycles. The van der Waals surface area contributed by atoms with Crippen molar-refractivity contribution in [2.75, 3.05) is 21.1 Å².